The lowest BCUT2D eigenvalue weighted by Crippen LogP contribution is -2.44. The smallest absolute Gasteiger partial charge is 0.314 e. The minimum absolute atomic E-state index is 0.303. The summed E-state index contributed by atoms with van der Waals surface area (Å²) in [7, 11) is 0. The Balaban J connectivity index is 1.93. The Kier molecular flexibility index (Phi) is 4.07. The molecule has 1 aromatic carbocycles. The first kappa shape index (κ1) is 12.7. The summed E-state index contributed by atoms with van der Waals surface area (Å²) in [6, 6.07) is 8.54. The van der Waals surface area contributed by atoms with Crippen LogP contribution in [-0.4, -0.2) is 30.1 Å². The second-order valence-electron chi connectivity index (χ2n) is 4.75. The summed E-state index contributed by atoms with van der Waals surface area (Å²) in [5.41, 5.74) is 7.84. The van der Waals surface area contributed by atoms with Crippen LogP contribution >= 0.6 is 0 Å². The van der Waals surface area contributed by atoms with Gasteiger partial charge in [0.15, 0.2) is 0 Å². The standard InChI is InChI=1S/C14H21N3O/c1-2-11-5-3-4-6-13(11)16-12-7-9-17(10-8-12)14(15)18/h3-6,12,16H,2,7-10H2,1H3,(H2,15,18). The van der Waals surface area contributed by atoms with Crippen molar-refractivity contribution in [3.63, 3.8) is 0 Å². The maximum atomic E-state index is 11.0. The summed E-state index contributed by atoms with van der Waals surface area (Å²) in [6.45, 7) is 3.67. The largest absolute Gasteiger partial charge is 0.382 e. The third kappa shape index (κ3) is 2.94. The highest BCUT2D eigenvalue weighted by Crippen LogP contribution is 2.20. The molecule has 4 nitrogen and oxygen atoms in total. The number of hydrogen-bond acceptors (Lipinski definition) is 2. The van der Waals surface area contributed by atoms with Gasteiger partial charge in [-0.25, -0.2) is 4.79 Å². The number of hydrogen-bond donors (Lipinski definition) is 2. The van der Waals surface area contributed by atoms with Crippen molar-refractivity contribution in [2.24, 2.45) is 5.73 Å². The molecule has 0 aromatic heterocycles. The fourth-order valence-corrected chi connectivity index (χ4v) is 2.43. The van der Waals surface area contributed by atoms with Gasteiger partial charge < -0.3 is 16.0 Å². The Morgan fingerprint density at radius 3 is 2.67 bits per heavy atom. The molecule has 1 heterocycles. The Bertz CT molecular complexity index is 411. The molecule has 0 bridgehead atoms. The lowest BCUT2D eigenvalue weighted by Gasteiger charge is -2.32. The van der Waals surface area contributed by atoms with E-state index in [-0.39, 0.29) is 6.03 Å². The van der Waals surface area contributed by atoms with Gasteiger partial charge in [-0.15, -0.1) is 0 Å². The highest BCUT2D eigenvalue weighted by molar-refractivity contribution is 5.72. The van der Waals surface area contributed by atoms with E-state index < -0.39 is 0 Å². The quantitative estimate of drug-likeness (QED) is 0.860. The van der Waals surface area contributed by atoms with Crippen molar-refractivity contribution in [2.45, 2.75) is 32.2 Å². The maximum Gasteiger partial charge on any atom is 0.314 e. The summed E-state index contributed by atoms with van der Waals surface area (Å²) < 4.78 is 0. The van der Waals surface area contributed by atoms with Crippen LogP contribution in [0.15, 0.2) is 24.3 Å². The Labute approximate surface area is 108 Å². The van der Waals surface area contributed by atoms with Crippen molar-refractivity contribution in [2.75, 3.05) is 18.4 Å². The highest BCUT2D eigenvalue weighted by atomic mass is 16.2. The van der Waals surface area contributed by atoms with E-state index in [1.807, 2.05) is 0 Å². The van der Waals surface area contributed by atoms with Crippen LogP contribution in [0.2, 0.25) is 0 Å². The zero-order valence-electron chi connectivity index (χ0n) is 10.9. The number of carbonyl (C=O) groups is 1. The minimum Gasteiger partial charge on any atom is -0.382 e. The van der Waals surface area contributed by atoms with E-state index in [4.69, 9.17) is 5.73 Å². The van der Waals surface area contributed by atoms with Crippen LogP contribution in [-0.2, 0) is 6.42 Å². The van der Waals surface area contributed by atoms with Gasteiger partial charge in [-0.05, 0) is 30.9 Å². The van der Waals surface area contributed by atoms with Gasteiger partial charge in [-0.1, -0.05) is 25.1 Å². The number of amides is 2. The van der Waals surface area contributed by atoms with Crippen LogP contribution in [0.25, 0.3) is 0 Å². The van der Waals surface area contributed by atoms with Crippen LogP contribution in [0.5, 0.6) is 0 Å². The molecule has 1 aliphatic rings. The molecule has 0 unspecified atom stereocenters. The molecule has 1 aromatic rings. The molecule has 18 heavy (non-hydrogen) atoms. The minimum atomic E-state index is -0.303. The van der Waals surface area contributed by atoms with E-state index in [0.717, 1.165) is 32.4 Å². The lowest BCUT2D eigenvalue weighted by molar-refractivity contribution is 0.193. The number of nitrogens with one attached hydrogen (secondary N) is 1. The predicted octanol–water partition coefficient (Wildman–Crippen LogP) is 2.20. The molecule has 0 aliphatic carbocycles. The number of nitrogens with zero attached hydrogens (tertiary/aromatic N) is 1. The van der Waals surface area contributed by atoms with E-state index in [9.17, 15) is 4.79 Å². The van der Waals surface area contributed by atoms with Gasteiger partial charge in [0, 0.05) is 24.8 Å². The summed E-state index contributed by atoms with van der Waals surface area (Å²) in [4.78, 5) is 12.8. The molecule has 0 spiro atoms. The number of para-hydroxylation sites is 1. The fourth-order valence-electron chi connectivity index (χ4n) is 2.43. The highest BCUT2D eigenvalue weighted by Gasteiger charge is 2.21. The zero-order valence-corrected chi connectivity index (χ0v) is 10.9. The van der Waals surface area contributed by atoms with Gasteiger partial charge in [-0.2, -0.15) is 0 Å². The predicted molar refractivity (Wildman–Crippen MR) is 73.6 cm³/mol. The Morgan fingerprint density at radius 2 is 2.06 bits per heavy atom. The van der Waals surface area contributed by atoms with E-state index in [0.29, 0.717) is 6.04 Å². The fraction of sp³-hybridized carbons (Fsp3) is 0.500. The first-order chi connectivity index (χ1) is 8.70. The number of likely N-dealkylation sites (tertiary alicyclic amines) is 1. The van der Waals surface area contributed by atoms with Crippen LogP contribution in [0, 0.1) is 0 Å². The van der Waals surface area contributed by atoms with Crippen molar-refractivity contribution in [1.82, 2.24) is 4.90 Å². The van der Waals surface area contributed by atoms with Crippen molar-refractivity contribution in [3.05, 3.63) is 29.8 Å². The molecular formula is C14H21N3O. The van der Waals surface area contributed by atoms with Gasteiger partial charge in [0.2, 0.25) is 0 Å². The second kappa shape index (κ2) is 5.76. The monoisotopic (exact) mass is 247 g/mol. The summed E-state index contributed by atoms with van der Waals surface area (Å²) in [5, 5.41) is 3.58. The third-order valence-corrected chi connectivity index (χ3v) is 3.56. The van der Waals surface area contributed by atoms with Gasteiger partial charge in [0.05, 0.1) is 0 Å². The van der Waals surface area contributed by atoms with Crippen molar-refractivity contribution in [1.29, 1.82) is 0 Å². The van der Waals surface area contributed by atoms with Gasteiger partial charge in [0.1, 0.15) is 0 Å². The van der Waals surface area contributed by atoms with E-state index >= 15 is 0 Å². The number of nitrogens with two attached hydrogens (primary N) is 1. The number of rotatable bonds is 3. The van der Waals surface area contributed by atoms with E-state index in [1.165, 1.54) is 11.3 Å². The van der Waals surface area contributed by atoms with Crippen molar-refractivity contribution >= 4 is 11.7 Å². The number of aryl methyl sites for hydroxylation is 1. The zero-order chi connectivity index (χ0) is 13.0. The molecule has 2 amide bonds. The Morgan fingerprint density at radius 1 is 1.39 bits per heavy atom. The van der Waals surface area contributed by atoms with Gasteiger partial charge in [0.25, 0.3) is 0 Å². The first-order valence-corrected chi connectivity index (χ1v) is 6.59. The molecule has 3 N–H and O–H groups in total. The van der Waals surface area contributed by atoms with Gasteiger partial charge >= 0.3 is 6.03 Å². The summed E-state index contributed by atoms with van der Waals surface area (Å²) in [6.07, 6.45) is 2.95. The molecule has 0 atom stereocenters. The number of carbonyl (C=O) groups excluding carboxylic acids is 1. The number of benzene rings is 1. The number of piperidine rings is 1. The summed E-state index contributed by atoms with van der Waals surface area (Å²) in [5.74, 6) is 0. The van der Waals surface area contributed by atoms with Crippen molar-refractivity contribution in [3.8, 4) is 0 Å². The normalized spacial score (nSPS) is 16.6. The van der Waals surface area contributed by atoms with Gasteiger partial charge in [-0.3, -0.25) is 0 Å². The number of primary amides is 1. The molecule has 2 rings (SSSR count). The molecule has 1 fully saturated rings. The topological polar surface area (TPSA) is 58.4 Å². The van der Waals surface area contributed by atoms with Crippen LogP contribution in [0.4, 0.5) is 10.5 Å². The maximum absolute atomic E-state index is 11.0. The SMILES string of the molecule is CCc1ccccc1NC1CCN(C(N)=O)CC1. The Hall–Kier alpha value is -1.71. The number of urea groups is 1. The average molecular weight is 247 g/mol. The average Bonchev–Trinajstić information content (AvgIpc) is 2.40. The first-order valence-electron chi connectivity index (χ1n) is 6.59. The van der Waals surface area contributed by atoms with Crippen LogP contribution < -0.4 is 11.1 Å². The molecule has 1 saturated heterocycles. The molecular weight excluding hydrogens is 226 g/mol. The number of anilines is 1. The molecule has 0 saturated carbocycles. The molecule has 98 valence electrons. The lowest BCUT2D eigenvalue weighted by atomic mass is 10.0. The van der Waals surface area contributed by atoms with Crippen LogP contribution in [0.1, 0.15) is 25.3 Å². The second-order valence-corrected chi connectivity index (χ2v) is 4.75. The molecule has 0 radical (unpaired) electrons. The third-order valence-electron chi connectivity index (χ3n) is 3.56. The molecule has 4 heteroatoms. The van der Waals surface area contributed by atoms with E-state index in [1.54, 1.807) is 4.90 Å². The summed E-state index contributed by atoms with van der Waals surface area (Å²) >= 11 is 0. The van der Waals surface area contributed by atoms with Crippen LogP contribution in [0.3, 0.4) is 0 Å². The van der Waals surface area contributed by atoms with E-state index in [2.05, 4.69) is 36.5 Å². The van der Waals surface area contributed by atoms with Crippen molar-refractivity contribution < 1.29 is 4.79 Å². The molecule has 1 aliphatic heterocycles.